The minimum absolute atomic E-state index is 0.155. The minimum atomic E-state index is 0.155. The van der Waals surface area contributed by atoms with Gasteiger partial charge in [0, 0.05) is 25.3 Å². The second-order valence-corrected chi connectivity index (χ2v) is 5.34. The Balaban J connectivity index is 1.66. The van der Waals surface area contributed by atoms with Gasteiger partial charge in [-0.25, -0.2) is 0 Å². The summed E-state index contributed by atoms with van der Waals surface area (Å²) in [5.74, 6) is 0.350. The van der Waals surface area contributed by atoms with Crippen LogP contribution in [0.25, 0.3) is 0 Å². The second kappa shape index (κ2) is 6.70. The van der Waals surface area contributed by atoms with E-state index >= 15 is 0 Å². The average Bonchev–Trinajstić information content (AvgIpc) is 2.74. The summed E-state index contributed by atoms with van der Waals surface area (Å²) in [5, 5.41) is 10.7. The fraction of sp³-hybridized carbons (Fsp3) is 0.714. The zero-order valence-electron chi connectivity index (χ0n) is 11.9. The first-order chi connectivity index (χ1) is 9.16. The number of aryl methyl sites for hydroxylation is 3. The van der Waals surface area contributed by atoms with E-state index in [1.807, 2.05) is 11.6 Å². The van der Waals surface area contributed by atoms with Gasteiger partial charge >= 0.3 is 0 Å². The third kappa shape index (κ3) is 4.06. The first-order valence-electron chi connectivity index (χ1n) is 7.16. The van der Waals surface area contributed by atoms with Gasteiger partial charge in [0.2, 0.25) is 5.91 Å². The highest BCUT2D eigenvalue weighted by atomic mass is 16.1. The van der Waals surface area contributed by atoms with Gasteiger partial charge in [-0.05, 0) is 45.7 Å². The molecule has 1 amide bonds. The number of hydrogen-bond acceptors (Lipinski definition) is 3. The molecular formula is C14H24N4O. The van der Waals surface area contributed by atoms with E-state index in [1.54, 1.807) is 0 Å². The molecular weight excluding hydrogens is 240 g/mol. The molecule has 1 fully saturated rings. The first kappa shape index (κ1) is 14.1. The maximum atomic E-state index is 11.9. The highest BCUT2D eigenvalue weighted by molar-refractivity contribution is 5.78. The summed E-state index contributed by atoms with van der Waals surface area (Å²) >= 11 is 0. The van der Waals surface area contributed by atoms with E-state index in [4.69, 9.17) is 0 Å². The van der Waals surface area contributed by atoms with Gasteiger partial charge in [0.25, 0.3) is 0 Å². The summed E-state index contributed by atoms with van der Waals surface area (Å²) in [7, 11) is 0. The molecule has 5 nitrogen and oxygen atoms in total. The standard InChI is InChI=1S/C14H24N4O/c1-11-9-12(2)18(17-11)8-4-7-16-14(19)13-5-3-6-15-10-13/h9,13,15H,3-8,10H2,1-2H3,(H,16,19)/t13-/m1/s1. The molecule has 0 aliphatic carbocycles. The summed E-state index contributed by atoms with van der Waals surface area (Å²) < 4.78 is 2.00. The van der Waals surface area contributed by atoms with Gasteiger partial charge in [0.05, 0.1) is 11.6 Å². The van der Waals surface area contributed by atoms with Gasteiger partial charge in [0.1, 0.15) is 0 Å². The zero-order chi connectivity index (χ0) is 13.7. The van der Waals surface area contributed by atoms with Crippen LogP contribution >= 0.6 is 0 Å². The molecule has 106 valence electrons. The number of nitrogens with zero attached hydrogens (tertiary/aromatic N) is 2. The molecule has 0 spiro atoms. The molecule has 1 aromatic heterocycles. The number of hydrogen-bond donors (Lipinski definition) is 2. The lowest BCUT2D eigenvalue weighted by molar-refractivity contribution is -0.125. The van der Waals surface area contributed by atoms with E-state index in [0.29, 0.717) is 0 Å². The zero-order valence-corrected chi connectivity index (χ0v) is 11.9. The molecule has 1 atom stereocenters. The third-order valence-corrected chi connectivity index (χ3v) is 3.62. The quantitative estimate of drug-likeness (QED) is 0.780. The van der Waals surface area contributed by atoms with Crippen LogP contribution in [-0.2, 0) is 11.3 Å². The Labute approximate surface area is 114 Å². The first-order valence-corrected chi connectivity index (χ1v) is 7.16. The molecule has 0 saturated carbocycles. The predicted octanol–water partition coefficient (Wildman–Crippen LogP) is 1.01. The molecule has 0 aromatic carbocycles. The van der Waals surface area contributed by atoms with Crippen molar-refractivity contribution in [2.75, 3.05) is 19.6 Å². The lowest BCUT2D eigenvalue weighted by Gasteiger charge is -2.21. The topological polar surface area (TPSA) is 59.0 Å². The van der Waals surface area contributed by atoms with Gasteiger partial charge in [-0.1, -0.05) is 0 Å². The highest BCUT2D eigenvalue weighted by Crippen LogP contribution is 2.09. The number of aromatic nitrogens is 2. The Morgan fingerprint density at radius 3 is 3.05 bits per heavy atom. The molecule has 0 radical (unpaired) electrons. The van der Waals surface area contributed by atoms with Gasteiger partial charge in [-0.3, -0.25) is 9.48 Å². The van der Waals surface area contributed by atoms with E-state index in [9.17, 15) is 4.79 Å². The number of carbonyl (C=O) groups is 1. The van der Waals surface area contributed by atoms with Crippen LogP contribution in [0.15, 0.2) is 6.07 Å². The Hall–Kier alpha value is -1.36. The minimum Gasteiger partial charge on any atom is -0.356 e. The average molecular weight is 264 g/mol. The maximum absolute atomic E-state index is 11.9. The van der Waals surface area contributed by atoms with Crippen molar-refractivity contribution in [3.05, 3.63) is 17.5 Å². The Morgan fingerprint density at radius 1 is 1.58 bits per heavy atom. The van der Waals surface area contributed by atoms with Crippen molar-refractivity contribution in [1.29, 1.82) is 0 Å². The molecule has 2 heterocycles. The Morgan fingerprint density at radius 2 is 2.42 bits per heavy atom. The van der Waals surface area contributed by atoms with Gasteiger partial charge in [0.15, 0.2) is 0 Å². The van der Waals surface area contributed by atoms with Crippen LogP contribution in [0, 0.1) is 19.8 Å². The van der Waals surface area contributed by atoms with E-state index in [2.05, 4.69) is 28.7 Å². The smallest absolute Gasteiger partial charge is 0.224 e. The number of amides is 1. The van der Waals surface area contributed by atoms with Crippen LogP contribution in [-0.4, -0.2) is 35.3 Å². The molecule has 2 rings (SSSR count). The van der Waals surface area contributed by atoms with Crippen LogP contribution < -0.4 is 10.6 Å². The number of carbonyl (C=O) groups excluding carboxylic acids is 1. The molecule has 1 aliphatic rings. The molecule has 1 aliphatic heterocycles. The molecule has 19 heavy (non-hydrogen) atoms. The van der Waals surface area contributed by atoms with Gasteiger partial charge in [-0.15, -0.1) is 0 Å². The summed E-state index contributed by atoms with van der Waals surface area (Å²) in [5.41, 5.74) is 2.23. The van der Waals surface area contributed by atoms with E-state index in [-0.39, 0.29) is 11.8 Å². The molecule has 0 bridgehead atoms. The molecule has 1 saturated heterocycles. The van der Waals surface area contributed by atoms with Crippen molar-refractivity contribution >= 4 is 5.91 Å². The number of rotatable bonds is 5. The SMILES string of the molecule is Cc1cc(C)n(CCCNC(=O)[C@@H]2CCCNC2)n1. The van der Waals surface area contributed by atoms with Gasteiger partial charge < -0.3 is 10.6 Å². The van der Waals surface area contributed by atoms with Crippen molar-refractivity contribution in [1.82, 2.24) is 20.4 Å². The number of piperidine rings is 1. The van der Waals surface area contributed by atoms with E-state index in [1.165, 1.54) is 5.69 Å². The molecule has 5 heteroatoms. The largest absolute Gasteiger partial charge is 0.356 e. The predicted molar refractivity (Wildman–Crippen MR) is 74.9 cm³/mol. The van der Waals surface area contributed by atoms with E-state index < -0.39 is 0 Å². The summed E-state index contributed by atoms with van der Waals surface area (Å²) in [6.45, 7) is 7.52. The molecule has 2 N–H and O–H groups in total. The fourth-order valence-electron chi connectivity index (χ4n) is 2.56. The van der Waals surface area contributed by atoms with Crippen LogP contribution in [0.1, 0.15) is 30.7 Å². The van der Waals surface area contributed by atoms with Crippen molar-refractivity contribution < 1.29 is 4.79 Å². The third-order valence-electron chi connectivity index (χ3n) is 3.62. The van der Waals surface area contributed by atoms with Crippen LogP contribution in [0.3, 0.4) is 0 Å². The summed E-state index contributed by atoms with van der Waals surface area (Å²) in [4.78, 5) is 11.9. The normalized spacial score (nSPS) is 19.4. The monoisotopic (exact) mass is 264 g/mol. The van der Waals surface area contributed by atoms with Crippen molar-refractivity contribution in [3.63, 3.8) is 0 Å². The van der Waals surface area contributed by atoms with Crippen LogP contribution in [0.5, 0.6) is 0 Å². The van der Waals surface area contributed by atoms with E-state index in [0.717, 1.165) is 51.1 Å². The van der Waals surface area contributed by atoms with Crippen molar-refractivity contribution in [3.8, 4) is 0 Å². The Bertz CT molecular complexity index is 421. The summed E-state index contributed by atoms with van der Waals surface area (Å²) in [6.07, 6.45) is 3.04. The second-order valence-electron chi connectivity index (χ2n) is 5.34. The molecule has 1 aromatic rings. The lowest BCUT2D eigenvalue weighted by Crippen LogP contribution is -2.40. The van der Waals surface area contributed by atoms with Gasteiger partial charge in [-0.2, -0.15) is 5.10 Å². The lowest BCUT2D eigenvalue weighted by atomic mass is 9.99. The number of nitrogens with one attached hydrogen (secondary N) is 2. The Kier molecular flexibility index (Phi) is 4.96. The van der Waals surface area contributed by atoms with Crippen LogP contribution in [0.4, 0.5) is 0 Å². The molecule has 0 unspecified atom stereocenters. The highest BCUT2D eigenvalue weighted by Gasteiger charge is 2.19. The van der Waals surface area contributed by atoms with Crippen molar-refractivity contribution in [2.24, 2.45) is 5.92 Å². The maximum Gasteiger partial charge on any atom is 0.224 e. The van der Waals surface area contributed by atoms with Crippen LogP contribution in [0.2, 0.25) is 0 Å². The summed E-state index contributed by atoms with van der Waals surface area (Å²) in [6, 6.07) is 2.08. The van der Waals surface area contributed by atoms with Crippen molar-refractivity contribution in [2.45, 2.75) is 39.7 Å². The fourth-order valence-corrected chi connectivity index (χ4v) is 2.56.